The van der Waals surface area contributed by atoms with E-state index in [2.05, 4.69) is 27.9 Å². The molecule has 1 aromatic carbocycles. The first-order chi connectivity index (χ1) is 9.26. The van der Waals surface area contributed by atoms with Crippen molar-refractivity contribution in [3.63, 3.8) is 0 Å². The topological polar surface area (TPSA) is 39.1 Å². The first kappa shape index (κ1) is 13.6. The molecule has 0 aliphatic heterocycles. The van der Waals surface area contributed by atoms with E-state index in [1.165, 1.54) is 5.56 Å². The van der Waals surface area contributed by atoms with Gasteiger partial charge in [0.15, 0.2) is 0 Å². The fraction of sp³-hybridized carbons (Fsp3) is 0.400. The number of nitrogens with zero attached hydrogens (tertiary/aromatic N) is 2. The van der Waals surface area contributed by atoms with Crippen LogP contribution in [0, 0.1) is 6.92 Å². The highest BCUT2D eigenvalue weighted by Gasteiger charge is 2.15. The Bertz CT molecular complexity index is 522. The summed E-state index contributed by atoms with van der Waals surface area (Å²) in [4.78, 5) is 4.27. The summed E-state index contributed by atoms with van der Waals surface area (Å²) in [6, 6.07) is 8.37. The van der Waals surface area contributed by atoms with Gasteiger partial charge in [0.25, 0.3) is 0 Å². The molecule has 1 atom stereocenters. The lowest BCUT2D eigenvalue weighted by Gasteiger charge is -2.21. The predicted molar refractivity (Wildman–Crippen MR) is 76.4 cm³/mol. The Kier molecular flexibility index (Phi) is 4.58. The Hall–Kier alpha value is -1.81. The van der Waals surface area contributed by atoms with Gasteiger partial charge in [0.1, 0.15) is 11.6 Å². The summed E-state index contributed by atoms with van der Waals surface area (Å²) in [5, 5.41) is 3.51. The lowest BCUT2D eigenvalue weighted by molar-refractivity contribution is 0.390. The van der Waals surface area contributed by atoms with E-state index in [4.69, 9.17) is 4.74 Å². The molecule has 1 unspecified atom stereocenters. The van der Waals surface area contributed by atoms with E-state index in [9.17, 15) is 0 Å². The van der Waals surface area contributed by atoms with Crippen molar-refractivity contribution >= 4 is 0 Å². The van der Waals surface area contributed by atoms with Crippen LogP contribution in [0.25, 0.3) is 0 Å². The van der Waals surface area contributed by atoms with Crippen molar-refractivity contribution in [1.29, 1.82) is 0 Å². The number of nitrogens with one attached hydrogen (secondary N) is 1. The average molecular weight is 259 g/mol. The highest BCUT2D eigenvalue weighted by Crippen LogP contribution is 2.26. The fourth-order valence-electron chi connectivity index (χ4n) is 2.27. The molecule has 0 saturated heterocycles. The minimum atomic E-state index is 0.217. The number of aryl methyl sites for hydroxylation is 1. The quantitative estimate of drug-likeness (QED) is 0.866. The second kappa shape index (κ2) is 6.38. The van der Waals surface area contributed by atoms with Crippen LogP contribution >= 0.6 is 0 Å². The maximum atomic E-state index is 5.46. The molecule has 0 amide bonds. The molecule has 2 aromatic rings. The van der Waals surface area contributed by atoms with Crippen molar-refractivity contribution in [2.75, 3.05) is 13.7 Å². The van der Waals surface area contributed by atoms with Gasteiger partial charge in [-0.05, 0) is 19.5 Å². The molecule has 1 N–H and O–H groups in total. The summed E-state index contributed by atoms with van der Waals surface area (Å²) in [6.07, 6.45) is 3.84. The van der Waals surface area contributed by atoms with Crippen molar-refractivity contribution in [2.45, 2.75) is 26.4 Å². The first-order valence-electron chi connectivity index (χ1n) is 6.60. The van der Waals surface area contributed by atoms with E-state index in [0.29, 0.717) is 0 Å². The average Bonchev–Trinajstić information content (AvgIpc) is 2.84. The minimum Gasteiger partial charge on any atom is -0.496 e. The summed E-state index contributed by atoms with van der Waals surface area (Å²) < 4.78 is 7.61. The van der Waals surface area contributed by atoms with E-state index in [0.717, 1.165) is 24.7 Å². The third kappa shape index (κ3) is 3.15. The number of para-hydroxylation sites is 1. The molecule has 1 aromatic heterocycles. The van der Waals surface area contributed by atoms with Gasteiger partial charge in [-0.3, -0.25) is 0 Å². The van der Waals surface area contributed by atoms with Gasteiger partial charge in [0.05, 0.1) is 13.2 Å². The zero-order valence-electron chi connectivity index (χ0n) is 11.8. The highest BCUT2D eigenvalue weighted by atomic mass is 16.5. The normalized spacial score (nSPS) is 12.4. The molecule has 4 nitrogen and oxygen atoms in total. The number of imidazole rings is 1. The molecular formula is C15H21N3O. The van der Waals surface area contributed by atoms with Crippen LogP contribution in [0.1, 0.15) is 24.4 Å². The van der Waals surface area contributed by atoms with Crippen molar-refractivity contribution in [3.05, 3.63) is 48.0 Å². The van der Waals surface area contributed by atoms with E-state index in [1.807, 2.05) is 37.5 Å². The standard InChI is InChI=1S/C15H21N3O/c1-4-16-14(11-18-10-9-17-12(18)2)13-7-5-6-8-15(13)19-3/h5-10,14,16H,4,11H2,1-3H3. The van der Waals surface area contributed by atoms with Gasteiger partial charge in [-0.15, -0.1) is 0 Å². The maximum absolute atomic E-state index is 5.46. The Morgan fingerprint density at radius 1 is 1.37 bits per heavy atom. The SMILES string of the molecule is CCNC(Cn1ccnc1C)c1ccccc1OC. The number of rotatable bonds is 6. The monoisotopic (exact) mass is 259 g/mol. The molecule has 0 spiro atoms. The van der Waals surface area contributed by atoms with Crippen molar-refractivity contribution < 1.29 is 4.74 Å². The highest BCUT2D eigenvalue weighted by molar-refractivity contribution is 5.35. The van der Waals surface area contributed by atoms with E-state index < -0.39 is 0 Å². The fourth-order valence-corrected chi connectivity index (χ4v) is 2.27. The van der Waals surface area contributed by atoms with Gasteiger partial charge in [-0.25, -0.2) is 4.98 Å². The zero-order valence-corrected chi connectivity index (χ0v) is 11.8. The first-order valence-corrected chi connectivity index (χ1v) is 6.60. The van der Waals surface area contributed by atoms with Crippen molar-refractivity contribution in [1.82, 2.24) is 14.9 Å². The molecule has 1 heterocycles. The lowest BCUT2D eigenvalue weighted by Crippen LogP contribution is -2.26. The second-order valence-corrected chi connectivity index (χ2v) is 4.48. The summed E-state index contributed by atoms with van der Waals surface area (Å²) in [7, 11) is 1.71. The molecule has 0 radical (unpaired) electrons. The van der Waals surface area contributed by atoms with Crippen LogP contribution in [0.4, 0.5) is 0 Å². The third-order valence-corrected chi connectivity index (χ3v) is 3.27. The molecule has 102 valence electrons. The van der Waals surface area contributed by atoms with Crippen molar-refractivity contribution in [3.8, 4) is 5.75 Å². The van der Waals surface area contributed by atoms with Gasteiger partial charge in [-0.1, -0.05) is 25.1 Å². The number of ether oxygens (including phenoxy) is 1. The van der Waals surface area contributed by atoms with Crippen LogP contribution < -0.4 is 10.1 Å². The van der Waals surface area contributed by atoms with Crippen LogP contribution in [-0.4, -0.2) is 23.2 Å². The molecule has 2 rings (SSSR count). The van der Waals surface area contributed by atoms with E-state index in [-0.39, 0.29) is 6.04 Å². The number of benzene rings is 1. The third-order valence-electron chi connectivity index (χ3n) is 3.27. The van der Waals surface area contributed by atoms with Crippen LogP contribution in [0.5, 0.6) is 5.75 Å². The largest absolute Gasteiger partial charge is 0.496 e. The van der Waals surface area contributed by atoms with Gasteiger partial charge in [0.2, 0.25) is 0 Å². The summed E-state index contributed by atoms with van der Waals surface area (Å²) in [5.41, 5.74) is 1.18. The van der Waals surface area contributed by atoms with Crippen LogP contribution in [-0.2, 0) is 6.54 Å². The summed E-state index contributed by atoms with van der Waals surface area (Å²) in [5.74, 6) is 1.95. The van der Waals surface area contributed by atoms with Crippen LogP contribution in [0.2, 0.25) is 0 Å². The van der Waals surface area contributed by atoms with E-state index in [1.54, 1.807) is 7.11 Å². The maximum Gasteiger partial charge on any atom is 0.123 e. The van der Waals surface area contributed by atoms with Gasteiger partial charge >= 0.3 is 0 Å². The van der Waals surface area contributed by atoms with Crippen LogP contribution in [0.15, 0.2) is 36.7 Å². The number of likely N-dealkylation sites (N-methyl/N-ethyl adjacent to an activating group) is 1. The van der Waals surface area contributed by atoms with Gasteiger partial charge in [-0.2, -0.15) is 0 Å². The van der Waals surface area contributed by atoms with Gasteiger partial charge in [0, 0.05) is 24.5 Å². The smallest absolute Gasteiger partial charge is 0.123 e. The Balaban J connectivity index is 2.27. The number of hydrogen-bond acceptors (Lipinski definition) is 3. The summed E-state index contributed by atoms with van der Waals surface area (Å²) in [6.45, 7) is 5.89. The van der Waals surface area contributed by atoms with Gasteiger partial charge < -0.3 is 14.6 Å². The molecular weight excluding hydrogens is 238 g/mol. The number of methoxy groups -OCH3 is 1. The number of aromatic nitrogens is 2. The Morgan fingerprint density at radius 2 is 2.16 bits per heavy atom. The van der Waals surface area contributed by atoms with Crippen molar-refractivity contribution in [2.24, 2.45) is 0 Å². The molecule has 19 heavy (non-hydrogen) atoms. The molecule has 0 aliphatic carbocycles. The number of hydrogen-bond donors (Lipinski definition) is 1. The van der Waals surface area contributed by atoms with Crippen LogP contribution in [0.3, 0.4) is 0 Å². The zero-order chi connectivity index (χ0) is 13.7. The molecule has 4 heteroatoms. The minimum absolute atomic E-state index is 0.217. The van der Waals surface area contributed by atoms with E-state index >= 15 is 0 Å². The predicted octanol–water partition coefficient (Wildman–Crippen LogP) is 2.55. The summed E-state index contributed by atoms with van der Waals surface area (Å²) >= 11 is 0. The molecule has 0 fully saturated rings. The Labute approximate surface area is 114 Å². The molecule has 0 aliphatic rings. The lowest BCUT2D eigenvalue weighted by atomic mass is 10.1. The molecule has 0 bridgehead atoms. The second-order valence-electron chi connectivity index (χ2n) is 4.48. The Morgan fingerprint density at radius 3 is 2.79 bits per heavy atom. The molecule has 0 saturated carbocycles.